The van der Waals surface area contributed by atoms with Gasteiger partial charge in [-0.15, -0.1) is 0 Å². The van der Waals surface area contributed by atoms with Gasteiger partial charge in [0.25, 0.3) is 0 Å². The molecule has 0 amide bonds. The Balaban J connectivity index is 5.33. The zero-order chi connectivity index (χ0) is 70.4. The molecule has 0 radical (unpaired) electrons. The van der Waals surface area contributed by atoms with Gasteiger partial charge >= 0.3 is 39.5 Å². The molecule has 19 heteroatoms. The molecular weight excluding hydrogens is 1260 g/mol. The predicted octanol–water partition coefficient (Wildman–Crippen LogP) is 21.9. The van der Waals surface area contributed by atoms with Crippen molar-refractivity contribution in [1.29, 1.82) is 0 Å². The van der Waals surface area contributed by atoms with Gasteiger partial charge in [0.05, 0.1) is 26.4 Å². The topological polar surface area (TPSA) is 237 Å². The highest BCUT2D eigenvalue weighted by atomic mass is 31.2. The number of ether oxygens (including phenoxy) is 4. The number of aliphatic hydroxyl groups excluding tert-OH is 1. The summed E-state index contributed by atoms with van der Waals surface area (Å²) >= 11 is 0. The van der Waals surface area contributed by atoms with Crippen molar-refractivity contribution in [3.05, 3.63) is 60.8 Å². The van der Waals surface area contributed by atoms with E-state index in [0.717, 1.165) is 154 Å². The molecule has 17 nitrogen and oxygen atoms in total. The number of esters is 4. The molecule has 0 fully saturated rings. The molecule has 0 rings (SSSR count). The van der Waals surface area contributed by atoms with E-state index in [0.29, 0.717) is 25.7 Å². The number of allylic oxidation sites excluding steroid dienone is 10. The maximum atomic E-state index is 13.1. The lowest BCUT2D eigenvalue weighted by atomic mass is 10.0. The third kappa shape index (κ3) is 69.2. The number of unbranched alkanes of at least 4 members (excludes halogenated alkanes) is 37. The third-order valence-corrected chi connectivity index (χ3v) is 18.4. The van der Waals surface area contributed by atoms with Crippen LogP contribution in [0.25, 0.3) is 0 Å². The summed E-state index contributed by atoms with van der Waals surface area (Å²) in [6.07, 6.45) is 67.7. The Labute approximate surface area is 584 Å². The summed E-state index contributed by atoms with van der Waals surface area (Å²) in [6, 6.07) is 0. The largest absolute Gasteiger partial charge is 0.472 e. The van der Waals surface area contributed by atoms with Crippen molar-refractivity contribution < 1.29 is 80.2 Å². The van der Waals surface area contributed by atoms with Gasteiger partial charge in [-0.1, -0.05) is 268 Å². The lowest BCUT2D eigenvalue weighted by Crippen LogP contribution is -2.30. The summed E-state index contributed by atoms with van der Waals surface area (Å²) < 4.78 is 68.5. The highest BCUT2D eigenvalue weighted by Gasteiger charge is 2.30. The van der Waals surface area contributed by atoms with Gasteiger partial charge in [-0.3, -0.25) is 37.3 Å². The minimum Gasteiger partial charge on any atom is -0.462 e. The minimum absolute atomic E-state index is 0.0853. The van der Waals surface area contributed by atoms with Crippen molar-refractivity contribution in [2.75, 3.05) is 39.6 Å². The SMILES string of the molecule is CCCCC/C=C\C/C=C\CCCCCCCC(=O)OCC(COP(=O)(O)OCC(O)COP(=O)(O)OCC(COC(=O)CCCCCCC/C=C\C/C=C\CCCCC)OC(=O)CCCCCCCCCCCCCCC)OC(=O)CCCCCCC/C=C\CCCCCC. The summed E-state index contributed by atoms with van der Waals surface area (Å²) in [7, 11) is -9.94. The number of rotatable bonds is 73. The van der Waals surface area contributed by atoms with Gasteiger partial charge in [0.2, 0.25) is 0 Å². The Morgan fingerprint density at radius 3 is 0.812 bits per heavy atom. The van der Waals surface area contributed by atoms with Crippen LogP contribution in [0.1, 0.15) is 349 Å². The number of hydrogen-bond donors (Lipinski definition) is 3. The van der Waals surface area contributed by atoms with E-state index in [4.69, 9.17) is 37.0 Å². The zero-order valence-electron chi connectivity index (χ0n) is 61.1. The fourth-order valence-corrected chi connectivity index (χ4v) is 12.1. The van der Waals surface area contributed by atoms with E-state index in [1.165, 1.54) is 116 Å². The molecule has 0 heterocycles. The number of phosphoric ester groups is 2. The Morgan fingerprint density at radius 2 is 0.510 bits per heavy atom. The molecule has 96 heavy (non-hydrogen) atoms. The van der Waals surface area contributed by atoms with Crippen LogP contribution < -0.4 is 0 Å². The Hall–Kier alpha value is -3.24. The molecule has 0 aliphatic carbocycles. The van der Waals surface area contributed by atoms with E-state index < -0.39 is 97.5 Å². The first kappa shape index (κ1) is 92.8. The summed E-state index contributed by atoms with van der Waals surface area (Å²) in [5.41, 5.74) is 0. The quantitative estimate of drug-likeness (QED) is 0.0169. The second-order valence-corrected chi connectivity index (χ2v) is 28.9. The van der Waals surface area contributed by atoms with Crippen molar-refractivity contribution in [2.24, 2.45) is 0 Å². The fourth-order valence-electron chi connectivity index (χ4n) is 10.5. The van der Waals surface area contributed by atoms with Gasteiger partial charge in [-0.05, 0) is 116 Å². The monoisotopic (exact) mass is 1400 g/mol. The minimum atomic E-state index is -4.97. The molecule has 0 saturated heterocycles. The number of carbonyl (C=O) groups excluding carboxylic acids is 4. The predicted molar refractivity (Wildman–Crippen MR) is 390 cm³/mol. The van der Waals surface area contributed by atoms with Gasteiger partial charge in [-0.2, -0.15) is 0 Å². The molecule has 5 atom stereocenters. The van der Waals surface area contributed by atoms with E-state index in [2.05, 4.69) is 88.5 Å². The van der Waals surface area contributed by atoms with Crippen LogP contribution in [0, 0.1) is 0 Å². The van der Waals surface area contributed by atoms with Gasteiger partial charge in [0.1, 0.15) is 19.3 Å². The van der Waals surface area contributed by atoms with Gasteiger partial charge < -0.3 is 33.8 Å². The average Bonchev–Trinajstić information content (AvgIpc) is 1.14. The molecule has 0 spiro atoms. The second-order valence-electron chi connectivity index (χ2n) is 25.9. The highest BCUT2D eigenvalue weighted by molar-refractivity contribution is 7.47. The maximum Gasteiger partial charge on any atom is 0.472 e. The molecule has 3 N–H and O–H groups in total. The number of hydrogen-bond acceptors (Lipinski definition) is 15. The molecule has 0 aliphatic rings. The van der Waals surface area contributed by atoms with Gasteiger partial charge in [-0.25, -0.2) is 9.13 Å². The Bertz CT molecular complexity index is 2060. The summed E-state index contributed by atoms with van der Waals surface area (Å²) in [6.45, 7) is 4.82. The van der Waals surface area contributed by atoms with E-state index in [1.54, 1.807) is 0 Å². The van der Waals surface area contributed by atoms with Crippen LogP contribution in [0.15, 0.2) is 60.8 Å². The van der Waals surface area contributed by atoms with Gasteiger partial charge in [0.15, 0.2) is 12.2 Å². The van der Waals surface area contributed by atoms with Crippen LogP contribution in [-0.4, -0.2) is 96.7 Å². The van der Waals surface area contributed by atoms with Crippen molar-refractivity contribution in [3.8, 4) is 0 Å². The van der Waals surface area contributed by atoms with E-state index in [-0.39, 0.29) is 25.7 Å². The first-order valence-corrected chi connectivity index (χ1v) is 41.5. The number of aliphatic hydroxyl groups is 1. The molecule has 0 aromatic heterocycles. The third-order valence-electron chi connectivity index (χ3n) is 16.5. The first-order chi connectivity index (χ1) is 46.7. The van der Waals surface area contributed by atoms with Crippen LogP contribution in [0.5, 0.6) is 0 Å². The standard InChI is InChI=1S/C77H140O17P2/c1-5-9-13-17-21-25-29-33-35-39-41-45-49-53-57-61-74(79)87-67-72(93-76(81)63-59-55-51-47-43-37-31-27-23-19-15-11-7-3)69-91-95(83,84)89-65-71(78)66-90-96(85,86)92-70-73(94-77(82)64-60-56-52-48-44-38-32-28-24-20-16-12-8-4)68-88-75(80)62-58-54-50-46-42-40-36-34-30-26-22-18-14-10-6-2/h21-22,25-27,31,33-36,71-73,78H,5-20,23-24,28-30,32,37-70H2,1-4H3,(H,83,84)(H,85,86)/b25-21-,26-22-,31-27-,35-33-,36-34-. The van der Waals surface area contributed by atoms with Crippen LogP contribution in [0.3, 0.4) is 0 Å². The number of carbonyl (C=O) groups is 4. The Morgan fingerprint density at radius 1 is 0.292 bits per heavy atom. The molecule has 0 aliphatic heterocycles. The molecule has 5 unspecified atom stereocenters. The normalized spacial score (nSPS) is 14.3. The summed E-state index contributed by atoms with van der Waals surface area (Å²) in [4.78, 5) is 72.8. The highest BCUT2D eigenvalue weighted by Crippen LogP contribution is 2.45. The summed E-state index contributed by atoms with van der Waals surface area (Å²) in [5.74, 6) is -2.19. The van der Waals surface area contributed by atoms with Gasteiger partial charge in [0, 0.05) is 25.7 Å². The molecule has 0 aromatic rings. The number of phosphoric acid groups is 2. The molecule has 560 valence electrons. The van der Waals surface area contributed by atoms with E-state index >= 15 is 0 Å². The molecule has 0 bridgehead atoms. The van der Waals surface area contributed by atoms with Crippen LogP contribution in [0.4, 0.5) is 0 Å². The second kappa shape index (κ2) is 70.2. The van der Waals surface area contributed by atoms with Crippen LogP contribution in [-0.2, 0) is 65.4 Å². The fraction of sp³-hybridized carbons (Fsp3) is 0.818. The van der Waals surface area contributed by atoms with Crippen molar-refractivity contribution in [1.82, 2.24) is 0 Å². The van der Waals surface area contributed by atoms with E-state index in [1.807, 2.05) is 0 Å². The maximum absolute atomic E-state index is 13.1. The molecule has 0 aromatic carbocycles. The van der Waals surface area contributed by atoms with Crippen molar-refractivity contribution in [2.45, 2.75) is 367 Å². The van der Waals surface area contributed by atoms with Crippen LogP contribution in [0.2, 0.25) is 0 Å². The summed E-state index contributed by atoms with van der Waals surface area (Å²) in [5, 5.41) is 10.6. The first-order valence-electron chi connectivity index (χ1n) is 38.5. The lowest BCUT2D eigenvalue weighted by Gasteiger charge is -2.21. The Kier molecular flexibility index (Phi) is 67.8. The lowest BCUT2D eigenvalue weighted by molar-refractivity contribution is -0.161. The average molecular weight is 1400 g/mol. The van der Waals surface area contributed by atoms with Crippen molar-refractivity contribution in [3.63, 3.8) is 0 Å². The van der Waals surface area contributed by atoms with Crippen LogP contribution >= 0.6 is 15.6 Å². The van der Waals surface area contributed by atoms with E-state index in [9.17, 15) is 43.2 Å². The zero-order valence-corrected chi connectivity index (χ0v) is 62.8. The van der Waals surface area contributed by atoms with Crippen molar-refractivity contribution >= 4 is 39.5 Å². The smallest absolute Gasteiger partial charge is 0.462 e. The molecular formula is C77H140O17P2. The molecule has 0 saturated carbocycles.